The second-order valence-electron chi connectivity index (χ2n) is 7.50. The van der Waals surface area contributed by atoms with Gasteiger partial charge in [0.2, 0.25) is 11.8 Å². The van der Waals surface area contributed by atoms with Crippen LogP contribution in [0.1, 0.15) is 0 Å². The molecule has 0 aromatic heterocycles. The number of nitrogens with one attached hydrogen (secondary N) is 2. The summed E-state index contributed by atoms with van der Waals surface area (Å²) in [5.41, 5.74) is -0.284. The first-order chi connectivity index (χ1) is 18.3. The summed E-state index contributed by atoms with van der Waals surface area (Å²) in [4.78, 5) is 26.1. The lowest BCUT2D eigenvalue weighted by molar-refractivity contribution is -0.252. The Morgan fingerprint density at radius 2 is 1.31 bits per heavy atom. The Kier molecular flexibility index (Phi) is 11.3. The van der Waals surface area contributed by atoms with Gasteiger partial charge in [0.1, 0.15) is 5.75 Å². The molecule has 0 fully saturated rings. The van der Waals surface area contributed by atoms with Gasteiger partial charge in [-0.1, -0.05) is 46.4 Å². The summed E-state index contributed by atoms with van der Waals surface area (Å²) >= 11 is 26.0. The molecule has 0 spiro atoms. The maximum atomic E-state index is 13.6. The van der Waals surface area contributed by atoms with Gasteiger partial charge >= 0.3 is 12.5 Å². The molecule has 3 rings (SSSR count). The first-order valence-corrected chi connectivity index (χ1v) is 14.1. The number of alkyl halides is 4. The Labute approximate surface area is 248 Å². The Bertz CT molecular complexity index is 1370. The van der Waals surface area contributed by atoms with Crippen molar-refractivity contribution < 1.29 is 31.9 Å². The fourth-order valence-corrected chi connectivity index (χ4v) is 5.42. The fraction of sp³-hybridized carbons (Fsp3) is 0.167. The van der Waals surface area contributed by atoms with Crippen molar-refractivity contribution in [3.8, 4) is 5.75 Å². The minimum absolute atomic E-state index is 0.0801. The van der Waals surface area contributed by atoms with Crippen molar-refractivity contribution in [2.45, 2.75) is 22.3 Å². The Balaban J connectivity index is 1.73. The van der Waals surface area contributed by atoms with Crippen LogP contribution in [0.5, 0.6) is 5.75 Å². The lowest BCUT2D eigenvalue weighted by Gasteiger charge is -2.20. The highest BCUT2D eigenvalue weighted by molar-refractivity contribution is 8.00. The molecule has 0 saturated heterocycles. The molecule has 15 heteroatoms. The number of hydrogen-bond acceptors (Lipinski definition) is 5. The third-order valence-electron chi connectivity index (χ3n) is 4.54. The Morgan fingerprint density at radius 3 is 1.79 bits per heavy atom. The summed E-state index contributed by atoms with van der Waals surface area (Å²) in [6.07, 6.45) is -8.95. The van der Waals surface area contributed by atoms with Crippen LogP contribution < -0.4 is 15.4 Å². The molecular formula is C24H16Cl4F4N2O3S2. The number of anilines is 2. The van der Waals surface area contributed by atoms with Gasteiger partial charge in [-0.05, 0) is 54.6 Å². The first-order valence-electron chi connectivity index (χ1n) is 10.6. The Hall–Kier alpha value is -2.02. The highest BCUT2D eigenvalue weighted by Gasteiger charge is 2.44. The summed E-state index contributed by atoms with van der Waals surface area (Å²) in [6, 6.07) is 12.6. The zero-order valence-corrected chi connectivity index (χ0v) is 23.9. The minimum atomic E-state index is -4.83. The number of thioether (sulfide) groups is 2. The zero-order valence-electron chi connectivity index (χ0n) is 19.3. The van der Waals surface area contributed by atoms with Crippen molar-refractivity contribution in [2.24, 2.45) is 0 Å². The van der Waals surface area contributed by atoms with Gasteiger partial charge in [-0.15, -0.1) is 23.5 Å². The van der Waals surface area contributed by atoms with E-state index in [4.69, 9.17) is 46.4 Å². The van der Waals surface area contributed by atoms with E-state index in [-0.39, 0.29) is 22.9 Å². The average Bonchev–Trinajstić information content (AvgIpc) is 2.84. The van der Waals surface area contributed by atoms with E-state index >= 15 is 0 Å². The number of benzene rings is 3. The molecule has 0 aliphatic rings. The molecule has 0 bridgehead atoms. The molecule has 0 atom stereocenters. The molecular weight excluding hydrogens is 646 g/mol. The van der Waals surface area contributed by atoms with E-state index in [0.717, 1.165) is 41.7 Å². The topological polar surface area (TPSA) is 67.4 Å². The van der Waals surface area contributed by atoms with Crippen molar-refractivity contribution >= 4 is 93.1 Å². The van der Waals surface area contributed by atoms with Gasteiger partial charge in [-0.2, -0.15) is 17.6 Å². The highest BCUT2D eigenvalue weighted by Crippen LogP contribution is 2.36. The maximum absolute atomic E-state index is 13.6. The van der Waals surface area contributed by atoms with Gasteiger partial charge in [0.05, 0.1) is 27.2 Å². The number of halogens is 8. The molecule has 0 aliphatic carbocycles. The van der Waals surface area contributed by atoms with Gasteiger partial charge < -0.3 is 15.4 Å². The predicted molar refractivity (Wildman–Crippen MR) is 150 cm³/mol. The van der Waals surface area contributed by atoms with Crippen LogP contribution in [0, 0.1) is 0 Å². The van der Waals surface area contributed by atoms with Crippen LogP contribution in [0.2, 0.25) is 20.1 Å². The molecule has 5 nitrogen and oxygen atoms in total. The second kappa shape index (κ2) is 14.0. The monoisotopic (exact) mass is 660 g/mol. The lowest BCUT2D eigenvalue weighted by atomic mass is 10.2. The van der Waals surface area contributed by atoms with Gasteiger partial charge in [-0.3, -0.25) is 9.59 Å². The van der Waals surface area contributed by atoms with Crippen molar-refractivity contribution in [3.63, 3.8) is 0 Å². The largest absolute Gasteiger partial charge is 0.461 e. The summed E-state index contributed by atoms with van der Waals surface area (Å²) < 4.78 is 56.9. The SMILES string of the molecule is O=C(CSc1ccc(Cl)cc1Cl)Nc1ccc(OC(F)(F)C(F)F)c(NC(=O)CSc2ccc(Cl)cc2Cl)c1. The summed E-state index contributed by atoms with van der Waals surface area (Å²) in [5.74, 6) is -2.22. The van der Waals surface area contributed by atoms with Gasteiger partial charge in [0.25, 0.3) is 0 Å². The van der Waals surface area contributed by atoms with Gasteiger partial charge in [0, 0.05) is 25.5 Å². The first kappa shape index (κ1) is 31.5. The standard InChI is InChI=1S/C24H16Cl4F4N2O3S2/c25-12-1-5-19(15(27)7-12)38-10-21(35)33-14-3-4-18(37-24(31,32)23(29)30)17(9-14)34-22(36)11-39-20-6-2-13(26)8-16(20)28/h1-9,23H,10-11H2,(H,33,35)(H,34,36). The number of amides is 2. The van der Waals surface area contributed by atoms with Crippen LogP contribution in [0.25, 0.3) is 0 Å². The number of hydrogen-bond donors (Lipinski definition) is 2. The number of ether oxygens (including phenoxy) is 1. The normalized spacial score (nSPS) is 11.4. The van der Waals surface area contributed by atoms with Crippen LogP contribution in [0.15, 0.2) is 64.4 Å². The van der Waals surface area contributed by atoms with Crippen LogP contribution in [-0.4, -0.2) is 35.9 Å². The van der Waals surface area contributed by atoms with E-state index in [9.17, 15) is 27.2 Å². The van der Waals surface area contributed by atoms with Crippen molar-refractivity contribution in [3.05, 3.63) is 74.7 Å². The van der Waals surface area contributed by atoms with E-state index in [1.165, 1.54) is 12.1 Å². The number of rotatable bonds is 11. The molecule has 3 aromatic carbocycles. The smallest absolute Gasteiger partial charge is 0.426 e. The molecule has 0 radical (unpaired) electrons. The molecule has 2 amide bonds. The van der Waals surface area contributed by atoms with Crippen molar-refractivity contribution in [2.75, 3.05) is 22.1 Å². The van der Waals surface area contributed by atoms with Crippen LogP contribution >= 0.6 is 69.9 Å². The summed E-state index contributed by atoms with van der Waals surface area (Å²) in [5, 5.41) is 6.34. The molecule has 39 heavy (non-hydrogen) atoms. The molecule has 2 N–H and O–H groups in total. The van der Waals surface area contributed by atoms with E-state index < -0.39 is 30.1 Å². The highest BCUT2D eigenvalue weighted by atomic mass is 35.5. The third kappa shape index (κ3) is 9.54. The molecule has 0 saturated carbocycles. The third-order valence-corrected chi connectivity index (χ3v) is 8.01. The van der Waals surface area contributed by atoms with Crippen LogP contribution in [0.3, 0.4) is 0 Å². The Morgan fingerprint density at radius 1 is 0.795 bits per heavy atom. The molecule has 208 valence electrons. The molecule has 0 aliphatic heterocycles. The van der Waals surface area contributed by atoms with Gasteiger partial charge in [0.15, 0.2) is 0 Å². The summed E-state index contributed by atoms with van der Waals surface area (Å²) in [6.45, 7) is 0. The van der Waals surface area contributed by atoms with Crippen LogP contribution in [0.4, 0.5) is 28.9 Å². The van der Waals surface area contributed by atoms with Crippen molar-refractivity contribution in [1.29, 1.82) is 0 Å². The maximum Gasteiger partial charge on any atom is 0.461 e. The predicted octanol–water partition coefficient (Wildman–Crippen LogP) is 9.00. The number of carbonyl (C=O) groups excluding carboxylic acids is 2. The summed E-state index contributed by atoms with van der Waals surface area (Å²) in [7, 11) is 0. The quantitative estimate of drug-likeness (QED) is 0.159. The van der Waals surface area contributed by atoms with E-state index in [2.05, 4.69) is 15.4 Å². The van der Waals surface area contributed by atoms with E-state index in [1.54, 1.807) is 24.3 Å². The van der Waals surface area contributed by atoms with E-state index in [0.29, 0.717) is 29.9 Å². The molecule has 0 unspecified atom stereocenters. The lowest BCUT2D eigenvalue weighted by Crippen LogP contribution is -2.33. The number of carbonyl (C=O) groups is 2. The minimum Gasteiger partial charge on any atom is -0.426 e. The fourth-order valence-electron chi connectivity index (χ4n) is 2.84. The zero-order chi connectivity index (χ0) is 28.7. The van der Waals surface area contributed by atoms with Crippen molar-refractivity contribution in [1.82, 2.24) is 0 Å². The van der Waals surface area contributed by atoms with Gasteiger partial charge in [-0.25, -0.2) is 0 Å². The second-order valence-corrected chi connectivity index (χ2v) is 11.2. The molecule has 3 aromatic rings. The van der Waals surface area contributed by atoms with E-state index in [1.807, 2.05) is 0 Å². The average molecular weight is 662 g/mol. The molecule has 0 heterocycles. The van der Waals surface area contributed by atoms with Crippen LogP contribution in [-0.2, 0) is 9.59 Å².